The summed E-state index contributed by atoms with van der Waals surface area (Å²) >= 11 is 0. The molecule has 2 aliphatic rings. The summed E-state index contributed by atoms with van der Waals surface area (Å²) in [7, 11) is 2.08. The van der Waals surface area contributed by atoms with E-state index in [2.05, 4.69) is 11.9 Å². The second-order valence-corrected chi connectivity index (χ2v) is 4.30. The number of carbonyl (C=O) groups is 1. The Labute approximate surface area is 73.9 Å². The van der Waals surface area contributed by atoms with Gasteiger partial charge in [0.25, 0.3) is 0 Å². The van der Waals surface area contributed by atoms with Crippen molar-refractivity contribution in [2.75, 3.05) is 20.1 Å². The average Bonchev–Trinajstić information content (AvgIpc) is 2.49. The lowest BCUT2D eigenvalue weighted by Gasteiger charge is -2.36. The van der Waals surface area contributed by atoms with Crippen LogP contribution in [-0.4, -0.2) is 30.8 Å². The molecule has 68 valence electrons. The lowest BCUT2D eigenvalue weighted by molar-refractivity contribution is -0.131. The quantitative estimate of drug-likeness (QED) is 0.618. The van der Waals surface area contributed by atoms with Gasteiger partial charge >= 0.3 is 0 Å². The molecule has 1 heterocycles. The molecule has 0 bridgehead atoms. The summed E-state index contributed by atoms with van der Waals surface area (Å²) in [5, 5.41) is 0. The SMILES string of the molecule is CN1CC(C(=O)C2CCCC2)C1. The maximum Gasteiger partial charge on any atom is 0.141 e. The Morgan fingerprint density at radius 2 is 1.75 bits per heavy atom. The zero-order valence-electron chi connectivity index (χ0n) is 7.75. The molecule has 0 unspecified atom stereocenters. The van der Waals surface area contributed by atoms with Crippen molar-refractivity contribution in [2.45, 2.75) is 25.7 Å². The Hall–Kier alpha value is -0.370. The molecule has 0 aromatic carbocycles. The fourth-order valence-electron chi connectivity index (χ4n) is 2.42. The Morgan fingerprint density at radius 3 is 2.25 bits per heavy atom. The molecule has 0 aromatic heterocycles. The van der Waals surface area contributed by atoms with Crippen LogP contribution in [0, 0.1) is 11.8 Å². The lowest BCUT2D eigenvalue weighted by atomic mass is 9.87. The maximum atomic E-state index is 11.7. The van der Waals surface area contributed by atoms with Gasteiger partial charge in [-0.15, -0.1) is 0 Å². The maximum absolute atomic E-state index is 11.7. The molecular formula is C10H17NO. The zero-order valence-corrected chi connectivity index (χ0v) is 7.75. The number of carbonyl (C=O) groups excluding carboxylic acids is 1. The molecule has 2 heteroatoms. The molecule has 0 N–H and O–H groups in total. The van der Waals surface area contributed by atoms with Gasteiger partial charge in [0.2, 0.25) is 0 Å². The molecule has 0 spiro atoms. The van der Waals surface area contributed by atoms with E-state index in [1.807, 2.05) is 0 Å². The first kappa shape index (κ1) is 8.24. The van der Waals surface area contributed by atoms with Crippen molar-refractivity contribution in [3.63, 3.8) is 0 Å². The first-order chi connectivity index (χ1) is 5.77. The van der Waals surface area contributed by atoms with Gasteiger partial charge in [0, 0.05) is 24.9 Å². The molecule has 2 rings (SSSR count). The number of rotatable bonds is 2. The van der Waals surface area contributed by atoms with E-state index in [4.69, 9.17) is 0 Å². The van der Waals surface area contributed by atoms with Crippen LogP contribution in [0.5, 0.6) is 0 Å². The molecule has 0 radical (unpaired) electrons. The standard InChI is InChI=1S/C10H17NO/c1-11-6-9(7-11)10(12)8-4-2-3-5-8/h8-9H,2-7H2,1H3. The third-order valence-electron chi connectivity index (χ3n) is 3.22. The highest BCUT2D eigenvalue weighted by molar-refractivity contribution is 5.84. The number of likely N-dealkylation sites (tertiary alicyclic amines) is 1. The molecule has 12 heavy (non-hydrogen) atoms. The summed E-state index contributed by atoms with van der Waals surface area (Å²) in [4.78, 5) is 14.0. The number of hydrogen-bond acceptors (Lipinski definition) is 2. The topological polar surface area (TPSA) is 20.3 Å². The third kappa shape index (κ3) is 1.40. The summed E-state index contributed by atoms with van der Waals surface area (Å²) in [5.41, 5.74) is 0. The lowest BCUT2D eigenvalue weighted by Crippen LogP contribution is -2.49. The Balaban J connectivity index is 1.83. The van der Waals surface area contributed by atoms with Crippen LogP contribution in [-0.2, 0) is 4.79 Å². The van der Waals surface area contributed by atoms with Crippen molar-refractivity contribution < 1.29 is 4.79 Å². The molecule has 2 nitrogen and oxygen atoms in total. The highest BCUT2D eigenvalue weighted by atomic mass is 16.1. The number of nitrogens with zero attached hydrogens (tertiary/aromatic N) is 1. The monoisotopic (exact) mass is 167 g/mol. The molecule has 0 aromatic rings. The minimum atomic E-state index is 0.387. The average molecular weight is 167 g/mol. The van der Waals surface area contributed by atoms with Crippen LogP contribution in [0.1, 0.15) is 25.7 Å². The zero-order chi connectivity index (χ0) is 8.55. The van der Waals surface area contributed by atoms with Crippen molar-refractivity contribution in [2.24, 2.45) is 11.8 Å². The van der Waals surface area contributed by atoms with E-state index in [0.29, 0.717) is 17.6 Å². The predicted octanol–water partition coefficient (Wildman–Crippen LogP) is 1.31. The molecular weight excluding hydrogens is 150 g/mol. The van der Waals surface area contributed by atoms with Gasteiger partial charge in [0.1, 0.15) is 5.78 Å². The van der Waals surface area contributed by atoms with Crippen molar-refractivity contribution in [3.05, 3.63) is 0 Å². The molecule has 1 aliphatic carbocycles. The summed E-state index contributed by atoms with van der Waals surface area (Å²) in [6, 6.07) is 0. The largest absolute Gasteiger partial charge is 0.305 e. The predicted molar refractivity (Wildman–Crippen MR) is 48.0 cm³/mol. The van der Waals surface area contributed by atoms with Gasteiger partial charge in [-0.2, -0.15) is 0 Å². The molecule has 1 saturated carbocycles. The van der Waals surface area contributed by atoms with Gasteiger partial charge in [-0.3, -0.25) is 4.79 Å². The minimum absolute atomic E-state index is 0.387. The van der Waals surface area contributed by atoms with E-state index >= 15 is 0 Å². The van der Waals surface area contributed by atoms with Crippen molar-refractivity contribution in [1.29, 1.82) is 0 Å². The van der Waals surface area contributed by atoms with Crippen molar-refractivity contribution >= 4 is 5.78 Å². The first-order valence-corrected chi connectivity index (χ1v) is 4.99. The van der Waals surface area contributed by atoms with Crippen LogP contribution >= 0.6 is 0 Å². The van der Waals surface area contributed by atoms with Gasteiger partial charge in [-0.05, 0) is 19.9 Å². The highest BCUT2D eigenvalue weighted by Gasteiger charge is 2.35. The van der Waals surface area contributed by atoms with E-state index in [0.717, 1.165) is 13.1 Å². The second kappa shape index (κ2) is 3.17. The number of ketones is 1. The number of hydrogen-bond donors (Lipinski definition) is 0. The van der Waals surface area contributed by atoms with Gasteiger partial charge in [-0.1, -0.05) is 12.8 Å². The summed E-state index contributed by atoms with van der Waals surface area (Å²) in [5.74, 6) is 1.38. The van der Waals surface area contributed by atoms with Crippen LogP contribution < -0.4 is 0 Å². The Kier molecular flexibility index (Phi) is 2.18. The third-order valence-corrected chi connectivity index (χ3v) is 3.22. The van der Waals surface area contributed by atoms with Gasteiger partial charge in [-0.25, -0.2) is 0 Å². The summed E-state index contributed by atoms with van der Waals surface area (Å²) in [6.07, 6.45) is 4.88. The Bertz CT molecular complexity index is 178. The smallest absolute Gasteiger partial charge is 0.141 e. The van der Waals surface area contributed by atoms with E-state index in [9.17, 15) is 4.79 Å². The molecule has 2 fully saturated rings. The minimum Gasteiger partial charge on any atom is -0.305 e. The van der Waals surface area contributed by atoms with E-state index in [1.165, 1.54) is 25.7 Å². The van der Waals surface area contributed by atoms with Gasteiger partial charge in [0.15, 0.2) is 0 Å². The fraction of sp³-hybridized carbons (Fsp3) is 0.900. The summed E-state index contributed by atoms with van der Waals surface area (Å²) < 4.78 is 0. The normalized spacial score (nSPS) is 27.4. The number of Topliss-reactive ketones (excluding diaryl/α,β-unsaturated/α-hetero) is 1. The first-order valence-electron chi connectivity index (χ1n) is 4.99. The van der Waals surface area contributed by atoms with E-state index in [1.54, 1.807) is 0 Å². The van der Waals surface area contributed by atoms with Crippen LogP contribution in [0.25, 0.3) is 0 Å². The van der Waals surface area contributed by atoms with Crippen LogP contribution in [0.4, 0.5) is 0 Å². The Morgan fingerprint density at radius 1 is 1.17 bits per heavy atom. The summed E-state index contributed by atoms with van der Waals surface area (Å²) in [6.45, 7) is 2.02. The molecule has 0 atom stereocenters. The van der Waals surface area contributed by atoms with Crippen molar-refractivity contribution in [1.82, 2.24) is 4.90 Å². The fourth-order valence-corrected chi connectivity index (χ4v) is 2.42. The highest BCUT2D eigenvalue weighted by Crippen LogP contribution is 2.30. The molecule has 1 aliphatic heterocycles. The second-order valence-electron chi connectivity index (χ2n) is 4.30. The van der Waals surface area contributed by atoms with E-state index in [-0.39, 0.29) is 0 Å². The van der Waals surface area contributed by atoms with Crippen LogP contribution in [0.15, 0.2) is 0 Å². The van der Waals surface area contributed by atoms with Crippen LogP contribution in [0.3, 0.4) is 0 Å². The molecule has 1 saturated heterocycles. The van der Waals surface area contributed by atoms with Gasteiger partial charge in [0.05, 0.1) is 0 Å². The van der Waals surface area contributed by atoms with Crippen molar-refractivity contribution in [3.8, 4) is 0 Å². The van der Waals surface area contributed by atoms with Gasteiger partial charge < -0.3 is 4.90 Å². The van der Waals surface area contributed by atoms with Crippen LogP contribution in [0.2, 0.25) is 0 Å². The molecule has 0 amide bonds. The van der Waals surface area contributed by atoms with E-state index < -0.39 is 0 Å².